The van der Waals surface area contributed by atoms with E-state index in [1.54, 1.807) is 0 Å². The summed E-state index contributed by atoms with van der Waals surface area (Å²) < 4.78 is 21.5. The number of furan rings is 3. The molecule has 0 saturated heterocycles. The van der Waals surface area contributed by atoms with Gasteiger partial charge in [-0.25, -0.2) is 4.98 Å². The summed E-state index contributed by atoms with van der Waals surface area (Å²) in [7, 11) is 0. The molecule has 7 heteroatoms. The fourth-order valence-corrected chi connectivity index (χ4v) is 9.74. The van der Waals surface area contributed by atoms with Crippen LogP contribution >= 0.6 is 0 Å². The zero-order valence-electron chi connectivity index (χ0n) is 36.0. The average Bonchev–Trinajstić information content (AvgIpc) is 4.15. The second-order valence-electron chi connectivity index (χ2n) is 16.3. The lowest BCUT2D eigenvalue weighted by atomic mass is 9.96. The standard InChI is InChI=1S/C57H32N4O3.C2H6/c1-5-22-47-39(14-1)45-20-10-18-37(33-12-9-13-34(30-33)38-19-11-21-46-42-17-4-8-25-50(42)64-54(38)46)53(45)61(47)57-59-55(35-26-28-43-40-15-2-6-23-48(40)62-51(43)31-35)58-56(60-57)36-27-29-44-41-16-3-7-24-49(41)63-52(44)32-36;1-2/h1-32H;1-2H3. The quantitative estimate of drug-likeness (QED) is 0.172. The Hall–Kier alpha value is -8.81. The molecular formula is C59H38N4O3. The Morgan fingerprint density at radius 1 is 0.333 bits per heavy atom. The Kier molecular flexibility index (Phi) is 8.51. The third kappa shape index (κ3) is 5.80. The molecule has 5 aromatic heterocycles. The molecule has 0 aliphatic heterocycles. The molecule has 0 radical (unpaired) electrons. The molecule has 7 nitrogen and oxygen atoms in total. The van der Waals surface area contributed by atoms with Gasteiger partial charge in [-0.3, -0.25) is 4.57 Å². The fraction of sp³-hybridized carbons (Fsp3) is 0.0339. The van der Waals surface area contributed by atoms with Crippen LogP contribution in [0, 0.1) is 0 Å². The molecule has 0 N–H and O–H groups in total. The van der Waals surface area contributed by atoms with E-state index in [9.17, 15) is 0 Å². The second kappa shape index (κ2) is 14.9. The van der Waals surface area contributed by atoms with Gasteiger partial charge in [-0.1, -0.05) is 153 Å². The molecule has 312 valence electrons. The van der Waals surface area contributed by atoms with E-state index in [4.69, 9.17) is 28.2 Å². The highest BCUT2D eigenvalue weighted by Gasteiger charge is 2.22. The van der Waals surface area contributed by atoms with E-state index < -0.39 is 0 Å². The van der Waals surface area contributed by atoms with Gasteiger partial charge in [0.05, 0.1) is 11.0 Å². The zero-order chi connectivity index (χ0) is 43.9. The molecule has 0 amide bonds. The number of hydrogen-bond donors (Lipinski definition) is 0. The van der Waals surface area contributed by atoms with Gasteiger partial charge in [0.1, 0.15) is 33.5 Å². The SMILES string of the molecule is CC.c1cc(-c2cccc3c2oc2ccccc23)cc(-c2cccc3c4ccccc4n(-c4nc(-c5ccc6c(c5)oc5ccccc56)nc(-c5ccc6c(c5)oc5ccccc56)n4)c23)c1. The van der Waals surface area contributed by atoms with Gasteiger partial charge in [0.15, 0.2) is 11.6 Å². The van der Waals surface area contributed by atoms with Gasteiger partial charge in [-0.05, 0) is 65.7 Å². The molecule has 0 aliphatic carbocycles. The van der Waals surface area contributed by atoms with Crippen molar-refractivity contribution in [3.05, 3.63) is 194 Å². The minimum Gasteiger partial charge on any atom is -0.456 e. The van der Waals surface area contributed by atoms with E-state index in [0.29, 0.717) is 17.6 Å². The van der Waals surface area contributed by atoms with E-state index in [1.807, 2.05) is 74.5 Å². The molecule has 0 unspecified atom stereocenters. The molecule has 0 saturated carbocycles. The number of aromatic nitrogens is 4. The Balaban J connectivity index is 0.00000215. The van der Waals surface area contributed by atoms with Crippen molar-refractivity contribution in [2.24, 2.45) is 0 Å². The van der Waals surface area contributed by atoms with Gasteiger partial charge in [0.25, 0.3) is 0 Å². The number of para-hydroxylation sites is 6. The lowest BCUT2D eigenvalue weighted by Gasteiger charge is -2.13. The summed E-state index contributed by atoms with van der Waals surface area (Å²) in [5, 5.41) is 8.60. The van der Waals surface area contributed by atoms with Crippen LogP contribution in [0.2, 0.25) is 0 Å². The van der Waals surface area contributed by atoms with Crippen LogP contribution in [0.1, 0.15) is 13.8 Å². The van der Waals surface area contributed by atoms with E-state index in [0.717, 1.165) is 121 Å². The van der Waals surface area contributed by atoms with E-state index in [-0.39, 0.29) is 0 Å². The smallest absolute Gasteiger partial charge is 0.238 e. The van der Waals surface area contributed by atoms with Crippen molar-refractivity contribution in [3.63, 3.8) is 0 Å². The Morgan fingerprint density at radius 3 is 1.44 bits per heavy atom. The average molecular weight is 851 g/mol. The minimum absolute atomic E-state index is 0.497. The van der Waals surface area contributed by atoms with Gasteiger partial charge in [-0.2, -0.15) is 9.97 Å². The fourth-order valence-electron chi connectivity index (χ4n) is 9.74. The predicted octanol–water partition coefficient (Wildman–Crippen LogP) is 16.4. The van der Waals surface area contributed by atoms with Gasteiger partial charge in [0.2, 0.25) is 5.95 Å². The summed E-state index contributed by atoms with van der Waals surface area (Å²) in [6.07, 6.45) is 0. The first-order valence-corrected chi connectivity index (χ1v) is 22.3. The van der Waals surface area contributed by atoms with E-state index in [1.165, 1.54) is 0 Å². The number of hydrogen-bond acceptors (Lipinski definition) is 6. The Bertz CT molecular complexity index is 4090. The second-order valence-corrected chi connectivity index (χ2v) is 16.3. The van der Waals surface area contributed by atoms with Crippen molar-refractivity contribution >= 4 is 87.6 Å². The summed E-state index contributed by atoms with van der Waals surface area (Å²) in [6.45, 7) is 4.00. The number of nitrogens with zero attached hydrogens (tertiary/aromatic N) is 4. The normalized spacial score (nSPS) is 11.8. The lowest BCUT2D eigenvalue weighted by molar-refractivity contribution is 0.668. The third-order valence-corrected chi connectivity index (χ3v) is 12.7. The monoisotopic (exact) mass is 850 g/mol. The molecule has 0 bridgehead atoms. The molecule has 9 aromatic carbocycles. The van der Waals surface area contributed by atoms with Crippen LogP contribution in [0.15, 0.2) is 207 Å². The molecule has 0 aliphatic rings. The van der Waals surface area contributed by atoms with Gasteiger partial charge in [-0.15, -0.1) is 0 Å². The minimum atomic E-state index is 0.497. The Morgan fingerprint density at radius 2 is 0.803 bits per heavy atom. The molecular weight excluding hydrogens is 813 g/mol. The van der Waals surface area contributed by atoms with Crippen molar-refractivity contribution in [3.8, 4) is 51.0 Å². The summed E-state index contributed by atoms with van der Waals surface area (Å²) in [4.78, 5) is 15.9. The lowest BCUT2D eigenvalue weighted by Crippen LogP contribution is -2.07. The summed E-state index contributed by atoms with van der Waals surface area (Å²) in [5.41, 5.74) is 12.8. The first-order valence-electron chi connectivity index (χ1n) is 22.3. The van der Waals surface area contributed by atoms with E-state index >= 15 is 0 Å². The summed E-state index contributed by atoms with van der Waals surface area (Å²) in [5.74, 6) is 1.55. The zero-order valence-corrected chi connectivity index (χ0v) is 36.0. The Labute approximate surface area is 377 Å². The van der Waals surface area contributed by atoms with Crippen LogP contribution in [0.3, 0.4) is 0 Å². The van der Waals surface area contributed by atoms with Crippen LogP contribution in [-0.4, -0.2) is 19.5 Å². The van der Waals surface area contributed by atoms with Crippen LogP contribution in [0.5, 0.6) is 0 Å². The van der Waals surface area contributed by atoms with Crippen LogP contribution in [0.25, 0.3) is 139 Å². The van der Waals surface area contributed by atoms with Gasteiger partial charge >= 0.3 is 0 Å². The van der Waals surface area contributed by atoms with Crippen LogP contribution in [0.4, 0.5) is 0 Å². The largest absolute Gasteiger partial charge is 0.456 e. The first kappa shape index (κ1) is 37.7. The molecule has 66 heavy (non-hydrogen) atoms. The highest BCUT2D eigenvalue weighted by Crippen LogP contribution is 2.42. The topological polar surface area (TPSA) is 83.0 Å². The summed E-state index contributed by atoms with van der Waals surface area (Å²) in [6, 6.07) is 66.9. The highest BCUT2D eigenvalue weighted by atomic mass is 16.3. The number of rotatable bonds is 5. The van der Waals surface area contributed by atoms with Crippen molar-refractivity contribution in [1.29, 1.82) is 0 Å². The van der Waals surface area contributed by atoms with Crippen LogP contribution in [-0.2, 0) is 0 Å². The molecule has 0 atom stereocenters. The summed E-state index contributed by atoms with van der Waals surface area (Å²) >= 11 is 0. The van der Waals surface area contributed by atoms with Crippen molar-refractivity contribution in [2.75, 3.05) is 0 Å². The third-order valence-electron chi connectivity index (χ3n) is 12.7. The van der Waals surface area contributed by atoms with Crippen LogP contribution < -0.4 is 0 Å². The highest BCUT2D eigenvalue weighted by molar-refractivity contribution is 6.14. The molecule has 0 fully saturated rings. The van der Waals surface area contributed by atoms with Gasteiger partial charge < -0.3 is 13.3 Å². The maximum atomic E-state index is 6.51. The molecule has 14 aromatic rings. The van der Waals surface area contributed by atoms with Crippen molar-refractivity contribution < 1.29 is 13.3 Å². The predicted molar refractivity (Wildman–Crippen MR) is 269 cm³/mol. The maximum absolute atomic E-state index is 6.51. The first-order chi connectivity index (χ1) is 32.7. The maximum Gasteiger partial charge on any atom is 0.238 e. The molecule has 0 spiro atoms. The molecule has 5 heterocycles. The van der Waals surface area contributed by atoms with E-state index in [2.05, 4.69) is 138 Å². The number of benzene rings is 9. The van der Waals surface area contributed by atoms with Crippen molar-refractivity contribution in [1.82, 2.24) is 19.5 Å². The number of fused-ring (bicyclic) bond motifs is 12. The molecule has 14 rings (SSSR count). The van der Waals surface area contributed by atoms with Crippen molar-refractivity contribution in [2.45, 2.75) is 13.8 Å². The van der Waals surface area contributed by atoms with Gasteiger partial charge in [0, 0.05) is 65.3 Å².